The van der Waals surface area contributed by atoms with Gasteiger partial charge in [0.05, 0.1) is 18.7 Å². The van der Waals surface area contributed by atoms with Crippen LogP contribution in [0.1, 0.15) is 43.0 Å². The molecule has 3 N–H and O–H groups in total. The molecule has 0 heterocycles. The topological polar surface area (TPSA) is 108 Å². The summed E-state index contributed by atoms with van der Waals surface area (Å²) in [5.74, 6) is -0.565. The fourth-order valence-electron chi connectivity index (χ4n) is 3.41. The Morgan fingerprint density at radius 1 is 1.18 bits per heavy atom. The normalized spacial score (nSPS) is 20.9. The Bertz CT molecular complexity index is 711. The fourth-order valence-corrected chi connectivity index (χ4v) is 3.41. The highest BCUT2D eigenvalue weighted by atomic mass is 16.5. The van der Waals surface area contributed by atoms with Crippen LogP contribution in [0.25, 0.3) is 0 Å². The van der Waals surface area contributed by atoms with E-state index in [0.29, 0.717) is 23.8 Å². The number of nitrogens with one attached hydrogen (secondary N) is 2. The van der Waals surface area contributed by atoms with Crippen molar-refractivity contribution in [2.45, 2.75) is 44.7 Å². The van der Waals surface area contributed by atoms with Crippen LogP contribution in [-0.4, -0.2) is 59.8 Å². The minimum Gasteiger partial charge on any atom is -0.480 e. The molecule has 0 aliphatic heterocycles. The van der Waals surface area contributed by atoms with Gasteiger partial charge in [-0.3, -0.25) is 9.69 Å². The van der Waals surface area contributed by atoms with Gasteiger partial charge in [-0.1, -0.05) is 0 Å². The van der Waals surface area contributed by atoms with Crippen molar-refractivity contribution in [1.29, 1.82) is 0 Å². The average molecular weight is 389 g/mol. The molecule has 0 bridgehead atoms. The molecular weight excluding hydrogens is 362 g/mol. The first-order valence-corrected chi connectivity index (χ1v) is 9.75. The first-order chi connectivity index (χ1) is 13.4. The quantitative estimate of drug-likeness (QED) is 0.560. The number of carboxylic acids is 1. The standard InChI is InChI=1S/C20H27N3O5/c1-2-28-19(26)14-5-7-15(8-6-14)21-20(27)22-16-9-17(10-16)23(12-18(24)25)11-13-3-4-13/h5-8,13,16-17H,2-4,9-12H2,1H3,(H,24,25)(H2,21,22,27). The number of nitrogens with zero attached hydrogens (tertiary/aromatic N) is 1. The van der Waals surface area contributed by atoms with E-state index in [4.69, 9.17) is 9.84 Å². The number of carbonyl (C=O) groups excluding carboxylic acids is 2. The molecule has 0 aromatic heterocycles. The highest BCUT2D eigenvalue weighted by molar-refractivity contribution is 5.92. The molecular formula is C20H27N3O5. The number of anilines is 1. The number of hydrogen-bond acceptors (Lipinski definition) is 5. The Kier molecular flexibility index (Phi) is 6.51. The van der Waals surface area contributed by atoms with Gasteiger partial charge in [0.25, 0.3) is 0 Å². The second kappa shape index (κ2) is 9.05. The summed E-state index contributed by atoms with van der Waals surface area (Å²) < 4.78 is 4.93. The zero-order chi connectivity index (χ0) is 20.1. The van der Waals surface area contributed by atoms with Gasteiger partial charge in [0, 0.05) is 24.3 Å². The molecule has 0 spiro atoms. The van der Waals surface area contributed by atoms with Crippen LogP contribution in [0.2, 0.25) is 0 Å². The van der Waals surface area contributed by atoms with Crippen molar-refractivity contribution in [1.82, 2.24) is 10.2 Å². The van der Waals surface area contributed by atoms with Crippen LogP contribution in [0, 0.1) is 5.92 Å². The molecule has 0 saturated heterocycles. The summed E-state index contributed by atoms with van der Waals surface area (Å²) in [5, 5.41) is 14.8. The summed E-state index contributed by atoms with van der Waals surface area (Å²) in [6.07, 6.45) is 3.88. The van der Waals surface area contributed by atoms with Gasteiger partial charge in [-0.15, -0.1) is 0 Å². The predicted octanol–water partition coefficient (Wildman–Crippen LogP) is 2.31. The lowest BCUT2D eigenvalue weighted by molar-refractivity contribution is -0.139. The zero-order valence-electron chi connectivity index (χ0n) is 16.0. The molecule has 2 saturated carbocycles. The number of urea groups is 1. The second-order valence-electron chi connectivity index (χ2n) is 7.48. The largest absolute Gasteiger partial charge is 0.480 e. The van der Waals surface area contributed by atoms with E-state index in [1.165, 1.54) is 12.8 Å². The molecule has 2 aliphatic rings. The SMILES string of the molecule is CCOC(=O)c1ccc(NC(=O)NC2CC(N(CC(=O)O)CC3CC3)C2)cc1. The van der Waals surface area contributed by atoms with Gasteiger partial charge >= 0.3 is 18.0 Å². The number of carbonyl (C=O) groups is 3. The summed E-state index contributed by atoms with van der Waals surface area (Å²) in [6, 6.07) is 6.47. The van der Waals surface area contributed by atoms with Crippen molar-refractivity contribution in [2.24, 2.45) is 5.92 Å². The lowest BCUT2D eigenvalue weighted by Crippen LogP contribution is -2.55. The minimum absolute atomic E-state index is 0.0410. The van der Waals surface area contributed by atoms with Crippen LogP contribution in [0.5, 0.6) is 0 Å². The molecule has 8 nitrogen and oxygen atoms in total. The van der Waals surface area contributed by atoms with Gasteiger partial charge < -0.3 is 20.5 Å². The van der Waals surface area contributed by atoms with Gasteiger partial charge in [-0.2, -0.15) is 0 Å². The van der Waals surface area contributed by atoms with Crippen LogP contribution in [0.4, 0.5) is 10.5 Å². The van der Waals surface area contributed by atoms with E-state index >= 15 is 0 Å². The summed E-state index contributed by atoms with van der Waals surface area (Å²) in [4.78, 5) is 36.9. The number of carboxylic acid groups (broad SMARTS) is 1. The van der Waals surface area contributed by atoms with E-state index < -0.39 is 11.9 Å². The van der Waals surface area contributed by atoms with E-state index in [0.717, 1.165) is 19.4 Å². The molecule has 2 aliphatic carbocycles. The Hall–Kier alpha value is -2.61. The average Bonchev–Trinajstić information content (AvgIpc) is 3.41. The smallest absolute Gasteiger partial charge is 0.338 e. The third-order valence-electron chi connectivity index (χ3n) is 5.15. The van der Waals surface area contributed by atoms with Gasteiger partial charge in [0.2, 0.25) is 0 Å². The van der Waals surface area contributed by atoms with Crippen LogP contribution < -0.4 is 10.6 Å². The molecule has 0 atom stereocenters. The van der Waals surface area contributed by atoms with Crippen molar-refractivity contribution in [3.63, 3.8) is 0 Å². The van der Waals surface area contributed by atoms with E-state index in [2.05, 4.69) is 10.6 Å². The van der Waals surface area contributed by atoms with Crippen LogP contribution in [-0.2, 0) is 9.53 Å². The first kappa shape index (κ1) is 20.1. The molecule has 0 unspecified atom stereocenters. The van der Waals surface area contributed by atoms with E-state index in [-0.39, 0.29) is 24.7 Å². The molecule has 1 aromatic rings. The predicted molar refractivity (Wildman–Crippen MR) is 103 cm³/mol. The number of hydrogen-bond donors (Lipinski definition) is 3. The number of ether oxygens (including phenoxy) is 1. The van der Waals surface area contributed by atoms with Crippen molar-refractivity contribution in [3.05, 3.63) is 29.8 Å². The maximum Gasteiger partial charge on any atom is 0.338 e. The number of rotatable bonds is 9. The lowest BCUT2D eigenvalue weighted by atomic mass is 9.85. The molecule has 8 heteroatoms. The van der Waals surface area contributed by atoms with Crippen LogP contribution >= 0.6 is 0 Å². The third kappa shape index (κ3) is 5.69. The first-order valence-electron chi connectivity index (χ1n) is 9.75. The highest BCUT2D eigenvalue weighted by Gasteiger charge is 2.37. The number of benzene rings is 1. The zero-order valence-corrected chi connectivity index (χ0v) is 16.0. The van der Waals surface area contributed by atoms with Gasteiger partial charge in [-0.25, -0.2) is 9.59 Å². The molecule has 1 aromatic carbocycles. The Morgan fingerprint density at radius 3 is 2.43 bits per heavy atom. The van der Waals surface area contributed by atoms with Gasteiger partial charge in [-0.05, 0) is 62.8 Å². The van der Waals surface area contributed by atoms with Crippen LogP contribution in [0.3, 0.4) is 0 Å². The summed E-state index contributed by atoms with van der Waals surface area (Å²) in [6.45, 7) is 2.96. The summed E-state index contributed by atoms with van der Waals surface area (Å²) in [7, 11) is 0. The lowest BCUT2D eigenvalue weighted by Gasteiger charge is -2.42. The van der Waals surface area contributed by atoms with E-state index in [1.807, 2.05) is 4.90 Å². The maximum atomic E-state index is 12.2. The molecule has 2 fully saturated rings. The number of amides is 2. The third-order valence-corrected chi connectivity index (χ3v) is 5.15. The Labute approximate surface area is 164 Å². The second-order valence-corrected chi connectivity index (χ2v) is 7.48. The minimum atomic E-state index is -0.805. The van der Waals surface area contributed by atoms with Crippen molar-refractivity contribution in [2.75, 3.05) is 25.0 Å². The van der Waals surface area contributed by atoms with Crippen molar-refractivity contribution < 1.29 is 24.2 Å². The van der Waals surface area contributed by atoms with Gasteiger partial charge in [0.1, 0.15) is 0 Å². The summed E-state index contributed by atoms with van der Waals surface area (Å²) in [5.41, 5.74) is 1.02. The monoisotopic (exact) mass is 389 g/mol. The van der Waals surface area contributed by atoms with Gasteiger partial charge in [0.15, 0.2) is 0 Å². The highest BCUT2D eigenvalue weighted by Crippen LogP contribution is 2.33. The van der Waals surface area contributed by atoms with E-state index in [9.17, 15) is 14.4 Å². The van der Waals surface area contributed by atoms with Crippen molar-refractivity contribution in [3.8, 4) is 0 Å². The fraction of sp³-hybridized carbons (Fsp3) is 0.550. The molecule has 3 rings (SSSR count). The molecule has 2 amide bonds. The van der Waals surface area contributed by atoms with E-state index in [1.54, 1.807) is 31.2 Å². The summed E-state index contributed by atoms with van der Waals surface area (Å²) >= 11 is 0. The Morgan fingerprint density at radius 2 is 1.86 bits per heavy atom. The number of esters is 1. The molecule has 152 valence electrons. The molecule has 0 radical (unpaired) electrons. The Balaban J connectivity index is 1.42. The van der Waals surface area contributed by atoms with Crippen LogP contribution in [0.15, 0.2) is 24.3 Å². The number of aliphatic carboxylic acids is 1. The van der Waals surface area contributed by atoms with Crippen molar-refractivity contribution >= 4 is 23.7 Å². The maximum absolute atomic E-state index is 12.2. The molecule has 28 heavy (non-hydrogen) atoms.